The molecule has 7 nitrogen and oxygen atoms in total. The topological polar surface area (TPSA) is 93.6 Å². The Labute approximate surface area is 217 Å². The Bertz CT molecular complexity index is 1590. The third kappa shape index (κ3) is 3.75. The molecule has 0 radical (unpaired) electrons. The zero-order chi connectivity index (χ0) is 25.4. The van der Waals surface area contributed by atoms with Crippen molar-refractivity contribution in [1.82, 2.24) is 19.5 Å². The minimum Gasteiger partial charge on any atom is -0.369 e. The highest BCUT2D eigenvalue weighted by molar-refractivity contribution is 7.10. The number of primary amides is 1. The molecule has 3 aromatic heterocycles. The number of benzene rings is 1. The van der Waals surface area contributed by atoms with Gasteiger partial charge in [0.15, 0.2) is 5.65 Å². The van der Waals surface area contributed by atoms with Gasteiger partial charge in [0.1, 0.15) is 11.5 Å². The number of halogens is 1. The van der Waals surface area contributed by atoms with Crippen LogP contribution in [0.3, 0.4) is 0 Å². The summed E-state index contributed by atoms with van der Waals surface area (Å²) in [6.45, 7) is 2.73. The van der Waals surface area contributed by atoms with Gasteiger partial charge in [-0.3, -0.25) is 9.59 Å². The van der Waals surface area contributed by atoms with Crippen molar-refractivity contribution >= 4 is 28.8 Å². The summed E-state index contributed by atoms with van der Waals surface area (Å²) in [4.78, 5) is 33.0. The van der Waals surface area contributed by atoms with E-state index in [0.29, 0.717) is 41.5 Å². The Kier molecular flexibility index (Phi) is 5.01. The van der Waals surface area contributed by atoms with Crippen LogP contribution in [0.2, 0.25) is 0 Å². The predicted octanol–water partition coefficient (Wildman–Crippen LogP) is 4.82. The Morgan fingerprint density at radius 1 is 1.16 bits per heavy atom. The summed E-state index contributed by atoms with van der Waals surface area (Å²) in [5, 5.41) is 6.79. The van der Waals surface area contributed by atoms with Gasteiger partial charge >= 0.3 is 0 Å². The highest BCUT2D eigenvalue weighted by atomic mass is 32.1. The molecule has 4 aromatic rings. The number of hydrogen-bond acceptors (Lipinski definition) is 5. The molecule has 2 saturated carbocycles. The third-order valence-electron chi connectivity index (χ3n) is 8.06. The first-order valence-corrected chi connectivity index (χ1v) is 13.6. The van der Waals surface area contributed by atoms with Gasteiger partial charge in [0.05, 0.1) is 11.7 Å². The Morgan fingerprint density at radius 3 is 2.73 bits per heavy atom. The van der Waals surface area contributed by atoms with Gasteiger partial charge in [-0.15, -0.1) is 11.3 Å². The Morgan fingerprint density at radius 2 is 2.00 bits per heavy atom. The fraction of sp³-hybridized carbons (Fsp3) is 0.357. The van der Waals surface area contributed by atoms with E-state index in [0.717, 1.165) is 30.5 Å². The summed E-state index contributed by atoms with van der Waals surface area (Å²) in [5.41, 5.74) is 10.1. The van der Waals surface area contributed by atoms with Gasteiger partial charge in [-0.2, -0.15) is 5.10 Å². The van der Waals surface area contributed by atoms with Crippen LogP contribution >= 0.6 is 11.3 Å². The van der Waals surface area contributed by atoms with E-state index in [2.05, 4.69) is 18.4 Å². The molecule has 2 N–H and O–H groups in total. The van der Waals surface area contributed by atoms with Gasteiger partial charge in [0.25, 0.3) is 5.91 Å². The lowest BCUT2D eigenvalue weighted by Gasteiger charge is -2.33. The summed E-state index contributed by atoms with van der Waals surface area (Å²) in [6, 6.07) is 10.8. The first-order valence-electron chi connectivity index (χ1n) is 12.8. The van der Waals surface area contributed by atoms with Crippen LogP contribution < -0.4 is 5.73 Å². The molecule has 4 heterocycles. The molecule has 0 spiro atoms. The minimum atomic E-state index is -0.394. The quantitative estimate of drug-likeness (QED) is 0.412. The maximum atomic E-state index is 15.2. The standard InChI is InChI=1S/C28H26FN5O2S/c1-14-17-7-9-37-25(17)6-8-33(14)28(36)23-12-24(15-2-3-15)34-26(31-23)13-22(32-34)18-5-4-16(10-21(18)29)19-11-20(19)27(30)35/h4-5,7,9-10,12-15,19-20H,2-3,6,8,11H2,1H3,(H2,30,35)/t14-,19-,20+/m1/s1. The number of carbonyl (C=O) groups excluding carboxylic acids is 2. The second-order valence-corrected chi connectivity index (χ2v) is 11.5. The highest BCUT2D eigenvalue weighted by Gasteiger charge is 2.43. The van der Waals surface area contributed by atoms with Crippen LogP contribution in [-0.4, -0.2) is 37.9 Å². The molecule has 3 atom stereocenters. The molecule has 2 fully saturated rings. The van der Waals surface area contributed by atoms with Crippen molar-refractivity contribution in [2.24, 2.45) is 11.7 Å². The second-order valence-electron chi connectivity index (χ2n) is 10.5. The molecule has 9 heteroatoms. The lowest BCUT2D eigenvalue weighted by molar-refractivity contribution is -0.119. The molecule has 0 saturated heterocycles. The number of rotatable bonds is 5. The van der Waals surface area contributed by atoms with Gasteiger partial charge in [0.2, 0.25) is 5.91 Å². The molecule has 3 aliphatic rings. The van der Waals surface area contributed by atoms with Crippen LogP contribution in [0.4, 0.5) is 4.39 Å². The fourth-order valence-corrected chi connectivity index (χ4v) is 6.65. The zero-order valence-electron chi connectivity index (χ0n) is 20.4. The van der Waals surface area contributed by atoms with E-state index in [1.165, 1.54) is 16.5 Å². The minimum absolute atomic E-state index is 0.00128. The summed E-state index contributed by atoms with van der Waals surface area (Å²) < 4.78 is 17.0. The summed E-state index contributed by atoms with van der Waals surface area (Å²) >= 11 is 1.75. The van der Waals surface area contributed by atoms with E-state index in [1.54, 1.807) is 28.0 Å². The average molecular weight is 516 g/mol. The third-order valence-corrected chi connectivity index (χ3v) is 9.06. The van der Waals surface area contributed by atoms with E-state index in [-0.39, 0.29) is 29.7 Å². The number of carbonyl (C=O) groups is 2. The highest BCUT2D eigenvalue weighted by Crippen LogP contribution is 2.48. The summed E-state index contributed by atoms with van der Waals surface area (Å²) in [6.07, 6.45) is 3.59. The van der Waals surface area contributed by atoms with Crippen molar-refractivity contribution < 1.29 is 14.0 Å². The maximum absolute atomic E-state index is 15.2. The molecule has 2 amide bonds. The maximum Gasteiger partial charge on any atom is 0.273 e. The fourth-order valence-electron chi connectivity index (χ4n) is 5.69. The van der Waals surface area contributed by atoms with Gasteiger partial charge < -0.3 is 10.6 Å². The predicted molar refractivity (Wildman–Crippen MR) is 138 cm³/mol. The van der Waals surface area contributed by atoms with Gasteiger partial charge in [0, 0.05) is 40.6 Å². The number of amides is 2. The normalized spacial score (nSPS) is 22.8. The van der Waals surface area contributed by atoms with Crippen molar-refractivity contribution in [2.75, 3.05) is 6.54 Å². The second kappa shape index (κ2) is 8.21. The van der Waals surface area contributed by atoms with Crippen LogP contribution in [0.5, 0.6) is 0 Å². The van der Waals surface area contributed by atoms with Gasteiger partial charge in [-0.05, 0) is 79.3 Å². The average Bonchev–Trinajstić information content (AvgIpc) is 3.79. The van der Waals surface area contributed by atoms with E-state index < -0.39 is 5.82 Å². The van der Waals surface area contributed by atoms with Crippen LogP contribution in [0, 0.1) is 11.7 Å². The molecule has 0 unspecified atom stereocenters. The van der Waals surface area contributed by atoms with E-state index in [9.17, 15) is 9.59 Å². The molecule has 1 aliphatic heterocycles. The number of aromatic nitrogens is 3. The summed E-state index contributed by atoms with van der Waals surface area (Å²) in [5.74, 6) is -0.722. The molecule has 2 aliphatic carbocycles. The van der Waals surface area contributed by atoms with Crippen LogP contribution in [0.25, 0.3) is 16.9 Å². The van der Waals surface area contributed by atoms with E-state index in [1.807, 2.05) is 17.0 Å². The van der Waals surface area contributed by atoms with Crippen LogP contribution in [0.1, 0.15) is 76.3 Å². The number of nitrogens with zero attached hydrogens (tertiary/aromatic N) is 4. The number of hydrogen-bond donors (Lipinski definition) is 1. The van der Waals surface area contributed by atoms with Crippen LogP contribution in [0.15, 0.2) is 41.8 Å². The number of fused-ring (bicyclic) bond motifs is 2. The molecule has 7 rings (SSSR count). The van der Waals surface area contributed by atoms with Gasteiger partial charge in [-0.25, -0.2) is 13.9 Å². The van der Waals surface area contributed by atoms with Crippen LogP contribution in [-0.2, 0) is 11.2 Å². The monoisotopic (exact) mass is 515 g/mol. The van der Waals surface area contributed by atoms with E-state index in [4.69, 9.17) is 15.8 Å². The zero-order valence-corrected chi connectivity index (χ0v) is 21.2. The molecule has 1 aromatic carbocycles. The smallest absolute Gasteiger partial charge is 0.273 e. The van der Waals surface area contributed by atoms with Crippen molar-refractivity contribution in [1.29, 1.82) is 0 Å². The SMILES string of the molecule is C[C@@H]1c2ccsc2CCN1C(=O)c1cc(C2CC2)n2nc(-c3ccc([C@H]4C[C@@H]4C(N)=O)cc3F)cc2n1. The lowest BCUT2D eigenvalue weighted by atomic mass is 10.0. The van der Waals surface area contributed by atoms with Crippen molar-refractivity contribution in [3.05, 3.63) is 75.0 Å². The van der Waals surface area contributed by atoms with Crippen molar-refractivity contribution in [2.45, 2.75) is 50.5 Å². The Hall–Kier alpha value is -3.59. The first-order chi connectivity index (χ1) is 17.9. The van der Waals surface area contributed by atoms with Crippen molar-refractivity contribution in [3.63, 3.8) is 0 Å². The number of nitrogens with two attached hydrogens (primary N) is 1. The van der Waals surface area contributed by atoms with Gasteiger partial charge in [-0.1, -0.05) is 6.07 Å². The first kappa shape index (κ1) is 22.6. The molecule has 0 bridgehead atoms. The largest absolute Gasteiger partial charge is 0.369 e. The van der Waals surface area contributed by atoms with E-state index >= 15 is 4.39 Å². The Balaban J connectivity index is 1.24. The number of thiophene rings is 1. The molecule has 188 valence electrons. The molecular formula is C28H26FN5O2S. The molecule has 37 heavy (non-hydrogen) atoms. The lowest BCUT2D eigenvalue weighted by Crippen LogP contribution is -2.38. The molecular weight excluding hydrogens is 489 g/mol. The van der Waals surface area contributed by atoms with Crippen molar-refractivity contribution in [3.8, 4) is 11.3 Å². The summed E-state index contributed by atoms with van der Waals surface area (Å²) in [7, 11) is 0.